The number of nitrogens with zero attached hydrogens (tertiary/aromatic N) is 4. The Kier molecular flexibility index (Phi) is 3.03. The van der Waals surface area contributed by atoms with Gasteiger partial charge in [-0.05, 0) is 18.2 Å². The number of H-pyrrole nitrogens is 1. The summed E-state index contributed by atoms with van der Waals surface area (Å²) in [6.07, 6.45) is 5.88. The highest BCUT2D eigenvalue weighted by Crippen LogP contribution is 2.37. The topological polar surface area (TPSA) is 57.7 Å². The number of piperidine rings is 1. The molecule has 0 atom stereocenters. The standard InChI is InChI=1S/C16H16FN5/c17-16(13-3-1-2-7-18-13)5-9-22(10-6-16)15-12-4-8-19-14(12)20-11-21-15/h1-4,7-8,11H,5-6,9-10H2,(H,19,20,21). The van der Waals surface area contributed by atoms with Crippen LogP contribution in [0.2, 0.25) is 0 Å². The number of pyridine rings is 1. The molecule has 6 heteroatoms. The van der Waals surface area contributed by atoms with Crippen LogP contribution in [-0.2, 0) is 5.67 Å². The molecule has 0 radical (unpaired) electrons. The summed E-state index contributed by atoms with van der Waals surface area (Å²) in [6.45, 7) is 1.23. The fourth-order valence-corrected chi connectivity index (χ4v) is 3.07. The highest BCUT2D eigenvalue weighted by atomic mass is 19.1. The molecule has 1 saturated heterocycles. The lowest BCUT2D eigenvalue weighted by atomic mass is 9.89. The molecule has 0 aliphatic carbocycles. The first-order chi connectivity index (χ1) is 10.8. The number of fused-ring (bicyclic) bond motifs is 1. The van der Waals surface area contributed by atoms with E-state index in [1.165, 1.54) is 0 Å². The molecule has 4 heterocycles. The Morgan fingerprint density at radius 2 is 1.95 bits per heavy atom. The molecule has 0 spiro atoms. The van der Waals surface area contributed by atoms with Crippen molar-refractivity contribution in [2.75, 3.05) is 18.0 Å². The molecule has 0 aromatic carbocycles. The van der Waals surface area contributed by atoms with Gasteiger partial charge in [-0.1, -0.05) is 6.07 Å². The fraction of sp³-hybridized carbons (Fsp3) is 0.312. The van der Waals surface area contributed by atoms with E-state index in [4.69, 9.17) is 0 Å². The Bertz CT molecular complexity index is 777. The van der Waals surface area contributed by atoms with E-state index in [-0.39, 0.29) is 0 Å². The Hall–Kier alpha value is -2.50. The van der Waals surface area contributed by atoms with Crippen LogP contribution in [0, 0.1) is 0 Å². The van der Waals surface area contributed by atoms with E-state index in [2.05, 4.69) is 24.8 Å². The molecule has 0 bridgehead atoms. The molecule has 1 N–H and O–H groups in total. The van der Waals surface area contributed by atoms with Crippen molar-refractivity contribution in [2.24, 2.45) is 0 Å². The number of aromatic nitrogens is 4. The van der Waals surface area contributed by atoms with Gasteiger partial charge in [0.15, 0.2) is 5.67 Å². The maximum atomic E-state index is 15.1. The zero-order valence-corrected chi connectivity index (χ0v) is 12.0. The van der Waals surface area contributed by atoms with Gasteiger partial charge in [-0.15, -0.1) is 0 Å². The van der Waals surface area contributed by atoms with Gasteiger partial charge in [0.1, 0.15) is 17.8 Å². The van der Waals surface area contributed by atoms with E-state index in [1.54, 1.807) is 18.6 Å². The summed E-state index contributed by atoms with van der Waals surface area (Å²) >= 11 is 0. The molecule has 112 valence electrons. The van der Waals surface area contributed by atoms with Gasteiger partial charge in [0.2, 0.25) is 0 Å². The minimum absolute atomic E-state index is 0.417. The summed E-state index contributed by atoms with van der Waals surface area (Å²) in [5.41, 5.74) is -0.00172. The molecule has 3 aromatic heterocycles. The van der Waals surface area contributed by atoms with Gasteiger partial charge in [-0.25, -0.2) is 14.4 Å². The van der Waals surface area contributed by atoms with Gasteiger partial charge < -0.3 is 9.88 Å². The fourth-order valence-electron chi connectivity index (χ4n) is 3.07. The van der Waals surface area contributed by atoms with Crippen LogP contribution in [0.4, 0.5) is 10.2 Å². The van der Waals surface area contributed by atoms with Gasteiger partial charge in [-0.3, -0.25) is 4.98 Å². The molecule has 3 aromatic rings. The van der Waals surface area contributed by atoms with Gasteiger partial charge in [-0.2, -0.15) is 0 Å². The number of alkyl halides is 1. The first kappa shape index (κ1) is 13.2. The molecule has 1 aliphatic rings. The molecule has 4 rings (SSSR count). The van der Waals surface area contributed by atoms with E-state index in [9.17, 15) is 0 Å². The predicted molar refractivity (Wildman–Crippen MR) is 82.4 cm³/mol. The largest absolute Gasteiger partial charge is 0.356 e. The Labute approximate surface area is 127 Å². The van der Waals surface area contributed by atoms with Crippen molar-refractivity contribution in [3.63, 3.8) is 0 Å². The first-order valence-corrected chi connectivity index (χ1v) is 7.40. The first-order valence-electron chi connectivity index (χ1n) is 7.40. The smallest absolute Gasteiger partial charge is 0.156 e. The number of nitrogens with one attached hydrogen (secondary N) is 1. The molecular weight excluding hydrogens is 281 g/mol. The van der Waals surface area contributed by atoms with Crippen molar-refractivity contribution in [1.82, 2.24) is 19.9 Å². The van der Waals surface area contributed by atoms with Crippen LogP contribution in [0.25, 0.3) is 11.0 Å². The third kappa shape index (κ3) is 2.11. The lowest BCUT2D eigenvalue weighted by Gasteiger charge is -2.36. The molecule has 0 saturated carbocycles. The van der Waals surface area contributed by atoms with Crippen LogP contribution in [0.15, 0.2) is 43.0 Å². The van der Waals surface area contributed by atoms with Crippen LogP contribution < -0.4 is 4.90 Å². The van der Waals surface area contributed by atoms with Crippen molar-refractivity contribution < 1.29 is 4.39 Å². The third-order valence-corrected chi connectivity index (χ3v) is 4.31. The minimum atomic E-state index is -1.35. The summed E-state index contributed by atoms with van der Waals surface area (Å²) in [4.78, 5) is 18.0. The SMILES string of the molecule is FC1(c2ccccn2)CCN(c2ncnc3[nH]ccc23)CC1. The average molecular weight is 297 g/mol. The van der Waals surface area contributed by atoms with Crippen molar-refractivity contribution in [3.8, 4) is 0 Å². The zero-order valence-electron chi connectivity index (χ0n) is 12.0. The highest BCUT2D eigenvalue weighted by Gasteiger charge is 2.38. The van der Waals surface area contributed by atoms with Crippen molar-refractivity contribution in [3.05, 3.63) is 48.7 Å². The quantitative estimate of drug-likeness (QED) is 0.790. The zero-order chi connectivity index (χ0) is 15.0. The predicted octanol–water partition coefficient (Wildman–Crippen LogP) is 2.82. The minimum Gasteiger partial charge on any atom is -0.356 e. The summed E-state index contributed by atoms with van der Waals surface area (Å²) in [5.74, 6) is 0.870. The number of hydrogen-bond acceptors (Lipinski definition) is 4. The van der Waals surface area contributed by atoms with E-state index in [0.717, 1.165) is 16.9 Å². The van der Waals surface area contributed by atoms with Gasteiger partial charge in [0, 0.05) is 38.3 Å². The maximum Gasteiger partial charge on any atom is 0.156 e. The molecule has 0 unspecified atom stereocenters. The number of halogens is 1. The maximum absolute atomic E-state index is 15.1. The second kappa shape index (κ2) is 5.05. The normalized spacial score (nSPS) is 17.8. The van der Waals surface area contributed by atoms with Crippen molar-refractivity contribution >= 4 is 16.9 Å². The summed E-state index contributed by atoms with van der Waals surface area (Å²) in [7, 11) is 0. The Balaban J connectivity index is 1.58. The van der Waals surface area contributed by atoms with Crippen molar-refractivity contribution in [1.29, 1.82) is 0 Å². The van der Waals surface area contributed by atoms with E-state index in [0.29, 0.717) is 31.6 Å². The average Bonchev–Trinajstić information content (AvgIpc) is 3.05. The van der Waals surface area contributed by atoms with Crippen LogP contribution in [0.3, 0.4) is 0 Å². The highest BCUT2D eigenvalue weighted by molar-refractivity contribution is 5.87. The van der Waals surface area contributed by atoms with E-state index >= 15 is 4.39 Å². The monoisotopic (exact) mass is 297 g/mol. The van der Waals surface area contributed by atoms with Crippen LogP contribution >= 0.6 is 0 Å². The number of aromatic amines is 1. The summed E-state index contributed by atoms with van der Waals surface area (Å²) in [5, 5.41) is 0.978. The third-order valence-electron chi connectivity index (χ3n) is 4.31. The van der Waals surface area contributed by atoms with Crippen LogP contribution in [0.1, 0.15) is 18.5 Å². The molecule has 1 aliphatic heterocycles. The number of rotatable bonds is 2. The van der Waals surface area contributed by atoms with Gasteiger partial charge >= 0.3 is 0 Å². The van der Waals surface area contributed by atoms with Crippen LogP contribution in [0.5, 0.6) is 0 Å². The summed E-state index contributed by atoms with van der Waals surface area (Å²) in [6, 6.07) is 7.38. The lowest BCUT2D eigenvalue weighted by Crippen LogP contribution is -2.41. The van der Waals surface area contributed by atoms with E-state index in [1.807, 2.05) is 24.4 Å². The molecule has 5 nitrogen and oxygen atoms in total. The van der Waals surface area contributed by atoms with Crippen molar-refractivity contribution in [2.45, 2.75) is 18.5 Å². The molecule has 22 heavy (non-hydrogen) atoms. The number of anilines is 1. The number of hydrogen-bond donors (Lipinski definition) is 1. The lowest BCUT2D eigenvalue weighted by molar-refractivity contribution is 0.119. The summed E-state index contributed by atoms with van der Waals surface area (Å²) < 4.78 is 15.1. The Morgan fingerprint density at radius 1 is 1.09 bits per heavy atom. The Morgan fingerprint density at radius 3 is 2.73 bits per heavy atom. The second-order valence-electron chi connectivity index (χ2n) is 5.60. The second-order valence-corrected chi connectivity index (χ2v) is 5.60. The van der Waals surface area contributed by atoms with Gasteiger partial charge in [0.05, 0.1) is 11.1 Å². The molecular formula is C16H16FN5. The van der Waals surface area contributed by atoms with Gasteiger partial charge in [0.25, 0.3) is 0 Å². The van der Waals surface area contributed by atoms with Crippen LogP contribution in [-0.4, -0.2) is 33.0 Å². The molecule has 0 amide bonds. The van der Waals surface area contributed by atoms with E-state index < -0.39 is 5.67 Å². The molecule has 1 fully saturated rings.